The van der Waals surface area contributed by atoms with Crippen LogP contribution in [0.15, 0.2) is 27.8 Å². The molecule has 0 aromatic rings. The number of hydrogen-bond donors (Lipinski definition) is 2. The molecule has 138 valence electrons. The molecule has 0 unspecified atom stereocenters. The second-order valence-electron chi connectivity index (χ2n) is 6.68. The van der Waals surface area contributed by atoms with Crippen molar-refractivity contribution in [2.75, 3.05) is 20.3 Å². The first-order valence-corrected chi connectivity index (χ1v) is 7.97. The van der Waals surface area contributed by atoms with Crippen molar-refractivity contribution in [2.24, 2.45) is 22.7 Å². The summed E-state index contributed by atoms with van der Waals surface area (Å²) >= 11 is 0. The number of primary amides is 1. The van der Waals surface area contributed by atoms with Crippen LogP contribution >= 0.6 is 0 Å². The van der Waals surface area contributed by atoms with Gasteiger partial charge in [0.25, 0.3) is 0 Å². The minimum absolute atomic E-state index is 0.123. The molecule has 11 heteroatoms. The number of nitrogens with two attached hydrogens (primary N) is 2. The van der Waals surface area contributed by atoms with E-state index in [1.54, 1.807) is 4.90 Å². The molecule has 2 fully saturated rings. The van der Waals surface area contributed by atoms with Crippen LogP contribution in [0.3, 0.4) is 0 Å². The Morgan fingerprint density at radius 3 is 2.65 bits per heavy atom. The Morgan fingerprint density at radius 2 is 2.08 bits per heavy atom. The molecule has 4 rings (SSSR count). The number of Topliss-reactive ketones (excluding diaryl/α,β-unsaturated/α-hetero) is 2. The van der Waals surface area contributed by atoms with Crippen molar-refractivity contribution < 1.29 is 23.9 Å². The molecule has 11 nitrogen and oxygen atoms in total. The number of fused-ring (bicyclic) bond motifs is 4. The van der Waals surface area contributed by atoms with Crippen LogP contribution < -0.4 is 11.5 Å². The van der Waals surface area contributed by atoms with Gasteiger partial charge in [-0.15, -0.1) is 4.91 Å². The molecule has 1 amide bonds. The number of hydrogen-bond acceptors (Lipinski definition) is 9. The number of piperazine rings is 1. The number of amides is 1. The third-order valence-electron chi connectivity index (χ3n) is 5.75. The van der Waals surface area contributed by atoms with Crippen molar-refractivity contribution in [3.8, 4) is 0 Å². The SMILES string of the molecule is CO[C@@]12[C@H](COC(N)=O)C3=C(C(=O)C(C)=C(N)C3=O)N1C[C@H]1[C@@H]2N1N=O. The molecule has 0 saturated carbocycles. The van der Waals surface area contributed by atoms with Gasteiger partial charge in [0.15, 0.2) is 5.72 Å². The van der Waals surface area contributed by atoms with Crippen LogP contribution in [0.25, 0.3) is 0 Å². The molecular weight excluding hydrogens is 346 g/mol. The van der Waals surface area contributed by atoms with Crippen LogP contribution in [0.4, 0.5) is 4.79 Å². The smallest absolute Gasteiger partial charge is 0.404 e. The maximum Gasteiger partial charge on any atom is 0.404 e. The van der Waals surface area contributed by atoms with Crippen LogP contribution in [-0.2, 0) is 19.1 Å². The average molecular weight is 363 g/mol. The molecule has 0 aromatic heterocycles. The number of carbonyl (C=O) groups is 3. The van der Waals surface area contributed by atoms with Crippen LogP contribution in [-0.4, -0.2) is 65.6 Å². The lowest BCUT2D eigenvalue weighted by molar-refractivity contribution is -0.145. The number of carbonyl (C=O) groups excluding carboxylic acids is 3. The number of rotatable bonds is 4. The first-order valence-electron chi connectivity index (χ1n) is 7.97. The molecule has 0 spiro atoms. The lowest BCUT2D eigenvalue weighted by atomic mass is 9.82. The Balaban J connectivity index is 1.85. The number of nitroso groups, excluding NO2 is 1. The third-order valence-corrected chi connectivity index (χ3v) is 5.75. The highest BCUT2D eigenvalue weighted by Gasteiger charge is 2.77. The van der Waals surface area contributed by atoms with E-state index < -0.39 is 29.6 Å². The summed E-state index contributed by atoms with van der Waals surface area (Å²) in [6, 6.07) is -0.719. The summed E-state index contributed by atoms with van der Waals surface area (Å²) in [5, 5.41) is 4.29. The number of ketones is 2. The molecule has 3 aliphatic heterocycles. The zero-order valence-electron chi connectivity index (χ0n) is 14.1. The molecule has 0 radical (unpaired) electrons. The normalized spacial score (nSPS) is 34.8. The van der Waals surface area contributed by atoms with E-state index in [9.17, 15) is 19.3 Å². The summed E-state index contributed by atoms with van der Waals surface area (Å²) in [4.78, 5) is 49.6. The van der Waals surface area contributed by atoms with Crippen molar-refractivity contribution in [2.45, 2.75) is 24.7 Å². The Labute approximate surface area is 147 Å². The van der Waals surface area contributed by atoms with Gasteiger partial charge in [-0.2, -0.15) is 0 Å². The van der Waals surface area contributed by atoms with Gasteiger partial charge in [0.2, 0.25) is 11.6 Å². The molecule has 4 N–H and O–H groups in total. The van der Waals surface area contributed by atoms with E-state index in [4.69, 9.17) is 20.9 Å². The number of methoxy groups -OCH3 is 1. The third kappa shape index (κ3) is 1.68. The zero-order chi connectivity index (χ0) is 19.0. The minimum atomic E-state index is -1.24. The largest absolute Gasteiger partial charge is 0.449 e. The molecule has 26 heavy (non-hydrogen) atoms. The molecule has 1 aliphatic carbocycles. The van der Waals surface area contributed by atoms with Crippen LogP contribution in [0.1, 0.15) is 6.92 Å². The maximum atomic E-state index is 12.8. The van der Waals surface area contributed by atoms with Gasteiger partial charge in [-0.1, -0.05) is 0 Å². The minimum Gasteiger partial charge on any atom is -0.449 e. The van der Waals surface area contributed by atoms with Crippen molar-refractivity contribution in [1.29, 1.82) is 0 Å². The first-order chi connectivity index (χ1) is 12.3. The average Bonchev–Trinajstić information content (AvgIpc) is 3.09. The highest BCUT2D eigenvalue weighted by Crippen LogP contribution is 2.59. The second-order valence-corrected chi connectivity index (χ2v) is 6.68. The fraction of sp³-hybridized carbons (Fsp3) is 0.533. The molecule has 2 saturated heterocycles. The molecule has 0 bridgehead atoms. The van der Waals surface area contributed by atoms with Gasteiger partial charge in [0.05, 0.1) is 28.6 Å². The van der Waals surface area contributed by atoms with E-state index in [2.05, 4.69) is 5.29 Å². The zero-order valence-corrected chi connectivity index (χ0v) is 14.1. The summed E-state index contributed by atoms with van der Waals surface area (Å²) in [7, 11) is 1.41. The Bertz CT molecular complexity index is 834. The van der Waals surface area contributed by atoms with E-state index in [0.29, 0.717) is 0 Å². The fourth-order valence-corrected chi connectivity index (χ4v) is 4.56. The number of allylic oxidation sites excluding steroid dienone is 2. The van der Waals surface area contributed by atoms with Gasteiger partial charge in [-0.3, -0.25) is 9.59 Å². The van der Waals surface area contributed by atoms with Crippen molar-refractivity contribution in [1.82, 2.24) is 9.91 Å². The second kappa shape index (κ2) is 5.04. The number of nitrogens with zero attached hydrogens (tertiary/aromatic N) is 3. The highest BCUT2D eigenvalue weighted by atomic mass is 16.6. The Kier molecular flexibility index (Phi) is 3.20. The van der Waals surface area contributed by atoms with Gasteiger partial charge in [0.1, 0.15) is 12.6 Å². The fourth-order valence-electron chi connectivity index (χ4n) is 4.56. The predicted octanol–water partition coefficient (Wildman–Crippen LogP) is -1.26. The van der Waals surface area contributed by atoms with Gasteiger partial charge >= 0.3 is 6.09 Å². The standard InChI is InChI=1S/C15H17N5O6/c1-5-9(16)12(22)8-6(4-26-14(17)23)15(25-2)13-7(20(13)18-24)3-19(15)10(8)11(5)21/h6-7,13H,3-4,16H2,1-2H3,(H2,17,23)/t6-,7+,13+,15-,20?/m1/s1. The van der Waals surface area contributed by atoms with Crippen molar-refractivity contribution in [3.63, 3.8) is 0 Å². The lowest BCUT2D eigenvalue weighted by Gasteiger charge is -2.40. The monoisotopic (exact) mass is 363 g/mol. The van der Waals surface area contributed by atoms with Crippen molar-refractivity contribution >= 4 is 17.7 Å². The summed E-state index contributed by atoms with van der Waals surface area (Å²) in [6.45, 7) is 1.47. The van der Waals surface area contributed by atoms with Gasteiger partial charge < -0.3 is 25.8 Å². The van der Waals surface area contributed by atoms with Gasteiger partial charge in [-0.05, 0) is 6.92 Å². The molecule has 4 aliphatic rings. The van der Waals surface area contributed by atoms with Crippen molar-refractivity contribution in [3.05, 3.63) is 27.4 Å². The summed E-state index contributed by atoms with van der Waals surface area (Å²) in [6.07, 6.45) is -1.03. The summed E-state index contributed by atoms with van der Waals surface area (Å²) in [5.41, 5.74) is 9.96. The first kappa shape index (κ1) is 16.5. The van der Waals surface area contributed by atoms with Gasteiger partial charge in [0, 0.05) is 24.8 Å². The maximum absolute atomic E-state index is 12.8. The van der Waals surface area contributed by atoms with E-state index in [1.165, 1.54) is 19.0 Å². The molecular formula is C15H17N5O6. The quantitative estimate of drug-likeness (QED) is 0.353. The van der Waals surface area contributed by atoms with Crippen LogP contribution in [0, 0.1) is 10.8 Å². The van der Waals surface area contributed by atoms with E-state index >= 15 is 0 Å². The Hall–Kier alpha value is -2.95. The molecule has 3 heterocycles. The Morgan fingerprint density at radius 1 is 1.38 bits per heavy atom. The van der Waals surface area contributed by atoms with E-state index in [1.807, 2.05) is 0 Å². The van der Waals surface area contributed by atoms with E-state index in [-0.39, 0.29) is 47.5 Å². The van der Waals surface area contributed by atoms with Crippen LogP contribution in [0.5, 0.6) is 0 Å². The summed E-state index contributed by atoms with van der Waals surface area (Å²) < 4.78 is 10.7. The topological polar surface area (TPSA) is 157 Å². The highest BCUT2D eigenvalue weighted by molar-refractivity contribution is 6.25. The van der Waals surface area contributed by atoms with Crippen LogP contribution in [0.2, 0.25) is 0 Å². The predicted molar refractivity (Wildman–Crippen MR) is 84.6 cm³/mol. The van der Waals surface area contributed by atoms with Gasteiger partial charge in [-0.25, -0.2) is 9.80 Å². The number of ether oxygens (including phenoxy) is 2. The molecule has 4 atom stereocenters. The summed E-state index contributed by atoms with van der Waals surface area (Å²) in [5.74, 6) is -1.73. The molecule has 0 aromatic carbocycles. The lowest BCUT2D eigenvalue weighted by Crippen LogP contribution is -2.55. The van der Waals surface area contributed by atoms with E-state index in [0.717, 1.165) is 0 Å².